The summed E-state index contributed by atoms with van der Waals surface area (Å²) in [7, 11) is 0. The number of ether oxygens (including phenoxy) is 2. The van der Waals surface area contributed by atoms with Crippen LogP contribution in [0.4, 0.5) is 0 Å². The Kier molecular flexibility index (Phi) is 10.7. The van der Waals surface area contributed by atoms with E-state index in [2.05, 4.69) is 24.8 Å². The molecule has 22 heavy (non-hydrogen) atoms. The van der Waals surface area contributed by atoms with Crippen LogP contribution < -0.4 is 0 Å². The third-order valence-corrected chi connectivity index (χ3v) is 2.94. The number of unbranched alkanes of at least 4 members (excludes halogenated alkanes) is 5. The molecular formula is C17H26O5. The van der Waals surface area contributed by atoms with Gasteiger partial charge in [-0.3, -0.25) is 4.79 Å². The minimum atomic E-state index is -0.926. The Labute approximate surface area is 132 Å². The molecule has 0 radical (unpaired) electrons. The van der Waals surface area contributed by atoms with Crippen LogP contribution in [0.5, 0.6) is 0 Å². The van der Waals surface area contributed by atoms with E-state index in [0.29, 0.717) is 6.61 Å². The zero-order valence-electron chi connectivity index (χ0n) is 13.6. The lowest BCUT2D eigenvalue weighted by Gasteiger charge is -2.07. The molecule has 0 rings (SSSR count). The molecule has 0 saturated carbocycles. The van der Waals surface area contributed by atoms with Gasteiger partial charge in [0.25, 0.3) is 0 Å². The van der Waals surface area contributed by atoms with Crippen molar-refractivity contribution < 1.29 is 23.9 Å². The van der Waals surface area contributed by atoms with Crippen molar-refractivity contribution in [1.82, 2.24) is 0 Å². The van der Waals surface area contributed by atoms with E-state index < -0.39 is 17.9 Å². The molecule has 0 amide bonds. The Morgan fingerprint density at radius 3 is 2.09 bits per heavy atom. The number of carbonyl (C=O) groups is 3. The van der Waals surface area contributed by atoms with Gasteiger partial charge in [0.2, 0.25) is 0 Å². The van der Waals surface area contributed by atoms with Gasteiger partial charge in [0.05, 0.1) is 13.0 Å². The molecule has 5 nitrogen and oxygen atoms in total. The minimum absolute atomic E-state index is 0.104. The van der Waals surface area contributed by atoms with E-state index in [0.717, 1.165) is 19.3 Å². The van der Waals surface area contributed by atoms with E-state index in [-0.39, 0.29) is 17.6 Å². The van der Waals surface area contributed by atoms with E-state index in [1.54, 1.807) is 0 Å². The van der Waals surface area contributed by atoms with Crippen LogP contribution >= 0.6 is 0 Å². The SMILES string of the molecule is C=C(C)C(=O)OC(=O)C(=C)CC(=O)OCCCCCCCC. The van der Waals surface area contributed by atoms with Crippen molar-refractivity contribution in [3.05, 3.63) is 24.3 Å². The molecule has 0 N–H and O–H groups in total. The first kappa shape index (κ1) is 20.1. The van der Waals surface area contributed by atoms with Crippen LogP contribution in [0.2, 0.25) is 0 Å². The quantitative estimate of drug-likeness (QED) is 0.253. The van der Waals surface area contributed by atoms with Crippen LogP contribution in [0.1, 0.15) is 58.8 Å². The molecule has 0 aliphatic rings. The summed E-state index contributed by atoms with van der Waals surface area (Å²) in [5, 5.41) is 0. The van der Waals surface area contributed by atoms with Crippen molar-refractivity contribution in [2.45, 2.75) is 58.8 Å². The van der Waals surface area contributed by atoms with Gasteiger partial charge in [0, 0.05) is 11.1 Å². The molecule has 0 aromatic rings. The summed E-state index contributed by atoms with van der Waals surface area (Å²) in [4.78, 5) is 34.2. The number of hydrogen-bond donors (Lipinski definition) is 0. The van der Waals surface area contributed by atoms with E-state index in [9.17, 15) is 14.4 Å². The molecular weight excluding hydrogens is 284 g/mol. The predicted molar refractivity (Wildman–Crippen MR) is 84.0 cm³/mol. The summed E-state index contributed by atoms with van der Waals surface area (Å²) in [6.45, 7) is 10.7. The van der Waals surface area contributed by atoms with Gasteiger partial charge in [-0.25, -0.2) is 9.59 Å². The molecule has 0 bridgehead atoms. The van der Waals surface area contributed by atoms with E-state index in [4.69, 9.17) is 4.74 Å². The molecule has 5 heteroatoms. The van der Waals surface area contributed by atoms with Crippen LogP contribution in [0, 0.1) is 0 Å². The highest BCUT2D eigenvalue weighted by atomic mass is 16.6. The van der Waals surface area contributed by atoms with Crippen molar-refractivity contribution in [3.63, 3.8) is 0 Å². The van der Waals surface area contributed by atoms with Crippen molar-refractivity contribution in [2.24, 2.45) is 0 Å². The van der Waals surface area contributed by atoms with Crippen LogP contribution in [0.15, 0.2) is 24.3 Å². The maximum atomic E-state index is 11.5. The Hall–Kier alpha value is -1.91. The Balaban J connectivity index is 3.82. The second-order valence-electron chi connectivity index (χ2n) is 5.23. The van der Waals surface area contributed by atoms with E-state index in [1.807, 2.05) is 0 Å². The van der Waals surface area contributed by atoms with Gasteiger partial charge in [0.15, 0.2) is 0 Å². The van der Waals surface area contributed by atoms with Crippen LogP contribution in [-0.2, 0) is 23.9 Å². The second-order valence-corrected chi connectivity index (χ2v) is 5.23. The largest absolute Gasteiger partial charge is 0.465 e. The third kappa shape index (κ3) is 9.91. The van der Waals surface area contributed by atoms with Gasteiger partial charge in [-0.2, -0.15) is 0 Å². The maximum Gasteiger partial charge on any atom is 0.341 e. The first-order chi connectivity index (χ1) is 10.4. The highest BCUT2D eigenvalue weighted by Crippen LogP contribution is 2.07. The Morgan fingerprint density at radius 2 is 1.50 bits per heavy atom. The average Bonchev–Trinajstić information content (AvgIpc) is 2.45. The van der Waals surface area contributed by atoms with Crippen molar-refractivity contribution in [1.29, 1.82) is 0 Å². The van der Waals surface area contributed by atoms with Gasteiger partial charge in [-0.1, -0.05) is 52.2 Å². The van der Waals surface area contributed by atoms with Gasteiger partial charge >= 0.3 is 17.9 Å². The lowest BCUT2D eigenvalue weighted by atomic mass is 10.1. The first-order valence-corrected chi connectivity index (χ1v) is 7.63. The molecule has 0 aromatic carbocycles. The number of esters is 3. The van der Waals surface area contributed by atoms with Gasteiger partial charge < -0.3 is 9.47 Å². The summed E-state index contributed by atoms with van der Waals surface area (Å²) >= 11 is 0. The molecule has 0 aliphatic heterocycles. The van der Waals surface area contributed by atoms with Crippen LogP contribution in [0.3, 0.4) is 0 Å². The Bertz CT molecular complexity index is 423. The van der Waals surface area contributed by atoms with Crippen molar-refractivity contribution >= 4 is 17.9 Å². The standard InChI is InChI=1S/C17H26O5/c1-5-6-7-8-9-10-11-21-15(18)12-14(4)17(20)22-16(19)13(2)3/h2,4-12H2,1,3H3. The number of rotatable bonds is 11. The normalized spacial score (nSPS) is 9.91. The molecule has 0 atom stereocenters. The van der Waals surface area contributed by atoms with E-state index >= 15 is 0 Å². The fourth-order valence-corrected chi connectivity index (χ4v) is 1.61. The summed E-state index contributed by atoms with van der Waals surface area (Å²) < 4.78 is 9.48. The zero-order chi connectivity index (χ0) is 17.0. The fraction of sp³-hybridized carbons (Fsp3) is 0.588. The van der Waals surface area contributed by atoms with Gasteiger partial charge in [0.1, 0.15) is 0 Å². The predicted octanol–water partition coefficient (Wildman–Crippen LogP) is 3.48. The molecule has 0 aliphatic carbocycles. The second kappa shape index (κ2) is 11.7. The van der Waals surface area contributed by atoms with Crippen molar-refractivity contribution in [2.75, 3.05) is 6.61 Å². The summed E-state index contributed by atoms with van der Waals surface area (Å²) in [5.41, 5.74) is -0.00524. The highest BCUT2D eigenvalue weighted by molar-refractivity contribution is 6.02. The zero-order valence-corrected chi connectivity index (χ0v) is 13.6. The van der Waals surface area contributed by atoms with E-state index in [1.165, 1.54) is 26.2 Å². The lowest BCUT2D eigenvalue weighted by Crippen LogP contribution is -2.17. The molecule has 0 fully saturated rings. The van der Waals surface area contributed by atoms with Crippen LogP contribution in [-0.4, -0.2) is 24.5 Å². The molecule has 124 valence electrons. The topological polar surface area (TPSA) is 69.7 Å². The highest BCUT2D eigenvalue weighted by Gasteiger charge is 2.17. The lowest BCUT2D eigenvalue weighted by molar-refractivity contribution is -0.155. The summed E-state index contributed by atoms with van der Waals surface area (Å²) in [5.74, 6) is -2.30. The summed E-state index contributed by atoms with van der Waals surface area (Å²) in [6.07, 6.45) is 6.30. The Morgan fingerprint density at radius 1 is 0.909 bits per heavy atom. The van der Waals surface area contributed by atoms with Gasteiger partial charge in [-0.05, 0) is 13.3 Å². The van der Waals surface area contributed by atoms with Crippen LogP contribution in [0.25, 0.3) is 0 Å². The first-order valence-electron chi connectivity index (χ1n) is 7.63. The molecule has 0 saturated heterocycles. The molecule has 0 aromatic heterocycles. The smallest absolute Gasteiger partial charge is 0.341 e. The third-order valence-electron chi connectivity index (χ3n) is 2.94. The summed E-state index contributed by atoms with van der Waals surface area (Å²) in [6, 6.07) is 0. The van der Waals surface area contributed by atoms with Crippen molar-refractivity contribution in [3.8, 4) is 0 Å². The molecule has 0 spiro atoms. The minimum Gasteiger partial charge on any atom is -0.465 e. The van der Waals surface area contributed by atoms with Gasteiger partial charge in [-0.15, -0.1) is 0 Å². The molecule has 0 unspecified atom stereocenters. The monoisotopic (exact) mass is 310 g/mol. The number of hydrogen-bond acceptors (Lipinski definition) is 5. The fourth-order valence-electron chi connectivity index (χ4n) is 1.61. The molecule has 0 heterocycles. The average molecular weight is 310 g/mol. The maximum absolute atomic E-state index is 11.5. The number of carbonyl (C=O) groups excluding carboxylic acids is 3.